The molecule has 8 heteroatoms. The van der Waals surface area contributed by atoms with Gasteiger partial charge in [-0.1, -0.05) is 53.7 Å². The second kappa shape index (κ2) is 7.09. The van der Waals surface area contributed by atoms with Crippen molar-refractivity contribution in [2.75, 3.05) is 0 Å². The Kier molecular flexibility index (Phi) is 5.49. The molecule has 0 unspecified atom stereocenters. The first kappa shape index (κ1) is 21.7. The molecule has 0 atom stereocenters. The molecular weight excluding hydrogens is 380 g/mol. The topological polar surface area (TPSA) is 107 Å². The van der Waals surface area contributed by atoms with Crippen LogP contribution in [0.5, 0.6) is 0 Å². The van der Waals surface area contributed by atoms with Gasteiger partial charge in [0.15, 0.2) is 10.7 Å². The summed E-state index contributed by atoms with van der Waals surface area (Å²) < 4.78 is 29.4. The first-order chi connectivity index (χ1) is 12.6. The Morgan fingerprint density at radius 3 is 1.82 bits per heavy atom. The number of carbonyl (C=O) groups excluding carboxylic acids is 1. The molecule has 0 radical (unpaired) electrons. The number of sulfonamides is 1. The van der Waals surface area contributed by atoms with E-state index in [0.717, 1.165) is 12.1 Å². The molecule has 1 aromatic rings. The highest BCUT2D eigenvalue weighted by Gasteiger charge is 2.35. The van der Waals surface area contributed by atoms with E-state index in [1.54, 1.807) is 0 Å². The van der Waals surface area contributed by atoms with Gasteiger partial charge in [-0.15, -0.1) is 0 Å². The molecule has 7 nitrogen and oxygen atoms in total. The molecule has 0 aliphatic heterocycles. The summed E-state index contributed by atoms with van der Waals surface area (Å²) in [6.45, 7) is 11.1. The average molecular weight is 404 g/mol. The second-order valence-corrected chi connectivity index (χ2v) is 10.2. The zero-order valence-electron chi connectivity index (χ0n) is 16.8. The van der Waals surface area contributed by atoms with Crippen LogP contribution < -0.4 is 0 Å². The molecule has 0 N–H and O–H groups in total. The maximum atomic E-state index is 12.9. The largest absolute Gasteiger partial charge is 0.289 e. The summed E-state index contributed by atoms with van der Waals surface area (Å²) in [6.07, 6.45) is 2.90. The fraction of sp³-hybridized carbons (Fsp3) is 0.400. The van der Waals surface area contributed by atoms with Crippen LogP contribution in [0.2, 0.25) is 0 Å². The van der Waals surface area contributed by atoms with Crippen LogP contribution in [-0.2, 0) is 14.8 Å². The highest BCUT2D eigenvalue weighted by molar-refractivity contribution is 7.90. The Balaban J connectivity index is 2.72. The van der Waals surface area contributed by atoms with E-state index in [4.69, 9.17) is 0 Å². The zero-order valence-corrected chi connectivity index (χ0v) is 17.6. The lowest BCUT2D eigenvalue weighted by atomic mass is 9.72. The monoisotopic (exact) mass is 404 g/mol. The molecule has 0 saturated heterocycles. The molecule has 150 valence electrons. The van der Waals surface area contributed by atoms with Crippen LogP contribution in [0.25, 0.3) is 0 Å². The minimum atomic E-state index is -4.35. The number of allylic oxidation sites excluding steroid dienone is 4. The van der Waals surface area contributed by atoms with Gasteiger partial charge in [-0.05, 0) is 29.0 Å². The normalized spacial score (nSPS) is 15.8. The molecule has 0 fully saturated rings. The highest BCUT2D eigenvalue weighted by atomic mass is 32.2. The third-order valence-corrected chi connectivity index (χ3v) is 5.61. The van der Waals surface area contributed by atoms with Gasteiger partial charge in [0.2, 0.25) is 0 Å². The number of nitro groups is 1. The molecule has 1 aliphatic carbocycles. The van der Waals surface area contributed by atoms with Crippen LogP contribution in [0, 0.1) is 20.9 Å². The smallest absolute Gasteiger partial charge is 0.289 e. The summed E-state index contributed by atoms with van der Waals surface area (Å²) in [4.78, 5) is 22.9. The Bertz CT molecular complexity index is 997. The van der Waals surface area contributed by atoms with Crippen molar-refractivity contribution in [1.82, 2.24) is 0 Å². The molecule has 1 aliphatic rings. The lowest BCUT2D eigenvalue weighted by Crippen LogP contribution is -2.29. The predicted octanol–water partition coefficient (Wildman–Crippen LogP) is 4.25. The number of hydrogen-bond acceptors (Lipinski definition) is 5. The number of carbonyl (C=O) groups is 1. The summed E-state index contributed by atoms with van der Waals surface area (Å²) in [5.74, 6) is -0.151. The number of benzene rings is 1. The van der Waals surface area contributed by atoms with Crippen molar-refractivity contribution in [3.05, 3.63) is 57.7 Å². The van der Waals surface area contributed by atoms with Gasteiger partial charge in [0.25, 0.3) is 15.7 Å². The van der Waals surface area contributed by atoms with Crippen LogP contribution >= 0.6 is 0 Å². The van der Waals surface area contributed by atoms with E-state index in [1.807, 2.05) is 41.5 Å². The minimum absolute atomic E-state index is 0.0765. The Labute approximate surface area is 165 Å². The van der Waals surface area contributed by atoms with Crippen LogP contribution in [-0.4, -0.2) is 24.8 Å². The van der Waals surface area contributed by atoms with E-state index in [9.17, 15) is 23.3 Å². The van der Waals surface area contributed by atoms with Crippen molar-refractivity contribution in [3.8, 4) is 0 Å². The summed E-state index contributed by atoms with van der Waals surface area (Å²) in [5.41, 5.74) is -0.629. The van der Waals surface area contributed by atoms with Crippen LogP contribution in [0.15, 0.2) is 56.9 Å². The van der Waals surface area contributed by atoms with E-state index < -0.39 is 36.4 Å². The quantitative estimate of drug-likeness (QED) is 0.425. The number of ketones is 1. The van der Waals surface area contributed by atoms with Gasteiger partial charge in [-0.2, -0.15) is 12.8 Å². The zero-order chi connectivity index (χ0) is 21.5. The number of nitrogens with zero attached hydrogens (tertiary/aromatic N) is 2. The van der Waals surface area contributed by atoms with Gasteiger partial charge >= 0.3 is 0 Å². The molecule has 1 aromatic carbocycles. The molecule has 0 heterocycles. The second-order valence-electron chi connectivity index (χ2n) is 8.66. The number of nitro benzene ring substituents is 1. The number of para-hydroxylation sites is 1. The van der Waals surface area contributed by atoms with E-state index in [1.165, 1.54) is 24.3 Å². The third-order valence-electron chi connectivity index (χ3n) is 4.26. The molecule has 28 heavy (non-hydrogen) atoms. The molecule has 0 saturated carbocycles. The average Bonchev–Trinajstić information content (AvgIpc) is 2.54. The maximum absolute atomic E-state index is 12.9. The number of Topliss-reactive ketones (excluding diaryl/α,β-unsaturated/α-hetero) is 1. The molecule has 2 rings (SSSR count). The van der Waals surface area contributed by atoms with Crippen molar-refractivity contribution in [3.63, 3.8) is 0 Å². The summed E-state index contributed by atoms with van der Waals surface area (Å²) in [7, 11) is -4.35. The predicted molar refractivity (Wildman–Crippen MR) is 108 cm³/mol. The summed E-state index contributed by atoms with van der Waals surface area (Å²) in [5, 5.41) is 11.2. The van der Waals surface area contributed by atoms with Crippen molar-refractivity contribution < 1.29 is 18.1 Å². The standard InChI is InChI=1S/C20H24N2O5S/c1-19(2,3)14-11-13(12-15(18(14)23)20(4,5)6)21-28(26,27)17-10-8-7-9-16(17)22(24)25/h7-12H,1-6H3. The Hall–Kier alpha value is -2.61. The van der Waals surface area contributed by atoms with Gasteiger partial charge in [0.1, 0.15) is 0 Å². The van der Waals surface area contributed by atoms with Crippen LogP contribution in [0.3, 0.4) is 0 Å². The van der Waals surface area contributed by atoms with Crippen LogP contribution in [0.1, 0.15) is 41.5 Å². The van der Waals surface area contributed by atoms with Crippen molar-refractivity contribution >= 4 is 27.2 Å². The highest BCUT2D eigenvalue weighted by Crippen LogP contribution is 2.37. The molecule has 0 aromatic heterocycles. The minimum Gasteiger partial charge on any atom is -0.289 e. The maximum Gasteiger partial charge on any atom is 0.289 e. The number of rotatable bonds is 3. The summed E-state index contributed by atoms with van der Waals surface area (Å²) >= 11 is 0. The van der Waals surface area contributed by atoms with Gasteiger partial charge in [-0.25, -0.2) is 0 Å². The van der Waals surface area contributed by atoms with E-state index in [2.05, 4.69) is 4.40 Å². The number of hydrogen-bond donors (Lipinski definition) is 0. The van der Waals surface area contributed by atoms with E-state index in [-0.39, 0.29) is 11.5 Å². The SMILES string of the molecule is CC(C)(C)C1=CC(=NS(=O)(=O)c2ccccc2[N+](=O)[O-])C=C(C(C)(C)C)C1=O. The van der Waals surface area contributed by atoms with Gasteiger partial charge < -0.3 is 0 Å². The lowest BCUT2D eigenvalue weighted by Gasteiger charge is -2.30. The first-order valence-corrected chi connectivity index (χ1v) is 10.2. The Morgan fingerprint density at radius 1 is 0.929 bits per heavy atom. The van der Waals surface area contributed by atoms with Gasteiger partial charge in [0.05, 0.1) is 10.6 Å². The van der Waals surface area contributed by atoms with Crippen molar-refractivity contribution in [1.29, 1.82) is 0 Å². The molecule has 0 spiro atoms. The fourth-order valence-corrected chi connectivity index (χ4v) is 3.93. The molecule has 0 amide bonds. The van der Waals surface area contributed by atoms with Crippen molar-refractivity contribution in [2.24, 2.45) is 15.2 Å². The molecular formula is C20H24N2O5S. The van der Waals surface area contributed by atoms with Crippen LogP contribution in [0.4, 0.5) is 5.69 Å². The fourth-order valence-electron chi connectivity index (χ4n) is 2.79. The Morgan fingerprint density at radius 2 is 1.39 bits per heavy atom. The molecule has 0 bridgehead atoms. The third kappa shape index (κ3) is 4.44. The van der Waals surface area contributed by atoms with E-state index in [0.29, 0.717) is 11.1 Å². The van der Waals surface area contributed by atoms with E-state index >= 15 is 0 Å². The summed E-state index contributed by atoms with van der Waals surface area (Å²) in [6, 6.07) is 5.05. The first-order valence-electron chi connectivity index (χ1n) is 8.72. The van der Waals surface area contributed by atoms with Gasteiger partial charge in [0, 0.05) is 17.2 Å². The van der Waals surface area contributed by atoms with Crippen molar-refractivity contribution in [2.45, 2.75) is 46.4 Å². The van der Waals surface area contributed by atoms with Gasteiger partial charge in [-0.3, -0.25) is 14.9 Å². The lowest BCUT2D eigenvalue weighted by molar-refractivity contribution is -0.387.